The fraction of sp³-hybridized carbons (Fsp3) is 0.395. The Morgan fingerprint density at radius 2 is 1.12 bits per heavy atom. The number of hydrogen-bond donors (Lipinski definition) is 6. The average molecular weight is 672 g/mol. The minimum atomic E-state index is -1.11. The maximum absolute atomic E-state index is 13.9. The summed E-state index contributed by atoms with van der Waals surface area (Å²) < 4.78 is 0. The largest absolute Gasteiger partial charge is 0.508 e. The number of benzene rings is 3. The van der Waals surface area contributed by atoms with E-state index in [1.54, 1.807) is 38.1 Å². The Hall–Kier alpha value is -5.19. The molecule has 3 aromatic rings. The lowest BCUT2D eigenvalue weighted by molar-refractivity contribution is -0.135. The topological polar surface area (TPSA) is 180 Å². The summed E-state index contributed by atoms with van der Waals surface area (Å²) in [4.78, 5) is 66.3. The number of aryl methyl sites for hydroxylation is 1. The van der Waals surface area contributed by atoms with E-state index in [9.17, 15) is 29.1 Å². The van der Waals surface area contributed by atoms with Crippen molar-refractivity contribution < 1.29 is 29.1 Å². The monoisotopic (exact) mass is 671 g/mol. The first-order valence-electron chi connectivity index (χ1n) is 16.7. The molecule has 0 bridgehead atoms. The van der Waals surface area contributed by atoms with E-state index < -0.39 is 53.7 Å². The Kier molecular flexibility index (Phi) is 14.8. The second-order valence-corrected chi connectivity index (χ2v) is 13.0. The number of hydrogen-bond acceptors (Lipinski definition) is 6. The Morgan fingerprint density at radius 3 is 1.63 bits per heavy atom. The maximum Gasteiger partial charge on any atom is 0.243 e. The number of phenolic OH excluding ortho intramolecular Hbond substituents is 1. The van der Waals surface area contributed by atoms with Crippen LogP contribution in [0.4, 0.5) is 0 Å². The lowest BCUT2D eigenvalue weighted by Crippen LogP contribution is -2.60. The van der Waals surface area contributed by atoms with Gasteiger partial charge in [0.05, 0.1) is 0 Å². The highest BCUT2D eigenvalue weighted by Gasteiger charge is 2.32. The van der Waals surface area contributed by atoms with E-state index in [4.69, 9.17) is 5.73 Å². The lowest BCUT2D eigenvalue weighted by Gasteiger charge is -2.28. The fourth-order valence-electron chi connectivity index (χ4n) is 5.40. The molecule has 0 aliphatic carbocycles. The van der Waals surface area contributed by atoms with Gasteiger partial charge < -0.3 is 32.1 Å². The molecular formula is C38H49N5O6. The lowest BCUT2D eigenvalue weighted by atomic mass is 9.98. The molecule has 0 aliphatic rings. The predicted octanol–water partition coefficient (Wildman–Crippen LogP) is 2.94. The number of aromatic hydroxyl groups is 1. The minimum Gasteiger partial charge on any atom is -0.508 e. The van der Waals surface area contributed by atoms with Crippen LogP contribution in [-0.2, 0) is 43.2 Å². The molecule has 0 radical (unpaired) electrons. The van der Waals surface area contributed by atoms with Crippen LogP contribution in [0.5, 0.6) is 5.75 Å². The van der Waals surface area contributed by atoms with Crippen LogP contribution in [0.2, 0.25) is 0 Å². The molecule has 0 fully saturated rings. The van der Waals surface area contributed by atoms with Crippen molar-refractivity contribution in [1.29, 1.82) is 0 Å². The van der Waals surface area contributed by atoms with Crippen LogP contribution in [0.1, 0.15) is 57.2 Å². The van der Waals surface area contributed by atoms with Crippen LogP contribution in [0.15, 0.2) is 84.9 Å². The summed E-state index contributed by atoms with van der Waals surface area (Å²) in [5.74, 6) is -2.99. The van der Waals surface area contributed by atoms with Crippen molar-refractivity contribution in [2.75, 3.05) is 0 Å². The molecule has 11 nitrogen and oxygen atoms in total. The van der Waals surface area contributed by atoms with Gasteiger partial charge in [-0.05, 0) is 47.4 Å². The van der Waals surface area contributed by atoms with Crippen LogP contribution in [0.3, 0.4) is 0 Å². The minimum absolute atomic E-state index is 0.0261. The summed E-state index contributed by atoms with van der Waals surface area (Å²) in [6.07, 6.45) is 0.910. The maximum atomic E-state index is 13.9. The van der Waals surface area contributed by atoms with Crippen LogP contribution in [0, 0.1) is 11.8 Å². The number of carbonyl (C=O) groups excluding carboxylic acids is 5. The molecule has 0 unspecified atom stereocenters. The zero-order chi connectivity index (χ0) is 35.9. The van der Waals surface area contributed by atoms with Crippen LogP contribution in [-0.4, -0.2) is 58.8 Å². The van der Waals surface area contributed by atoms with Gasteiger partial charge in [0.25, 0.3) is 0 Å². The Morgan fingerprint density at radius 1 is 0.633 bits per heavy atom. The van der Waals surface area contributed by atoms with Crippen molar-refractivity contribution in [3.63, 3.8) is 0 Å². The number of amides is 5. The highest BCUT2D eigenvalue weighted by molar-refractivity contribution is 5.95. The number of carbonyl (C=O) groups is 5. The van der Waals surface area contributed by atoms with Gasteiger partial charge >= 0.3 is 0 Å². The molecule has 0 saturated heterocycles. The van der Waals surface area contributed by atoms with Crippen LogP contribution >= 0.6 is 0 Å². The first-order valence-corrected chi connectivity index (χ1v) is 16.7. The number of primary amides is 1. The van der Waals surface area contributed by atoms with Crippen molar-refractivity contribution >= 4 is 29.5 Å². The SMILES string of the molecule is CC(C)C[C@@H](NC(=O)[C@H](NC(=O)[C@@H](Cc1ccccc1)NC(=O)[C@@H](Cc1ccccc1)NC(=O)CCc1ccccc1O)C(C)C)C(N)=O. The highest BCUT2D eigenvalue weighted by atomic mass is 16.3. The molecular weight excluding hydrogens is 622 g/mol. The molecule has 262 valence electrons. The predicted molar refractivity (Wildman–Crippen MR) is 188 cm³/mol. The fourth-order valence-corrected chi connectivity index (χ4v) is 5.40. The van der Waals surface area contributed by atoms with Crippen LogP contribution in [0.25, 0.3) is 0 Å². The number of nitrogens with two attached hydrogens (primary N) is 1. The van der Waals surface area contributed by atoms with E-state index in [1.165, 1.54) is 0 Å². The van der Waals surface area contributed by atoms with E-state index in [0.717, 1.165) is 11.1 Å². The molecule has 49 heavy (non-hydrogen) atoms. The normalized spacial score (nSPS) is 13.5. The molecule has 0 heterocycles. The summed E-state index contributed by atoms with van der Waals surface area (Å²) >= 11 is 0. The van der Waals surface area contributed by atoms with E-state index in [0.29, 0.717) is 12.0 Å². The molecule has 0 aromatic heterocycles. The van der Waals surface area contributed by atoms with Gasteiger partial charge in [-0.2, -0.15) is 0 Å². The van der Waals surface area contributed by atoms with E-state index in [1.807, 2.05) is 74.5 Å². The number of nitrogens with one attached hydrogen (secondary N) is 4. The summed E-state index contributed by atoms with van der Waals surface area (Å²) in [5.41, 5.74) is 7.72. The van der Waals surface area contributed by atoms with Crippen molar-refractivity contribution in [3.8, 4) is 5.75 Å². The van der Waals surface area contributed by atoms with Crippen LogP contribution < -0.4 is 27.0 Å². The second-order valence-electron chi connectivity index (χ2n) is 13.0. The molecule has 3 aromatic carbocycles. The zero-order valence-electron chi connectivity index (χ0n) is 28.6. The average Bonchev–Trinajstić information content (AvgIpc) is 3.06. The first kappa shape index (κ1) is 38.3. The third-order valence-corrected chi connectivity index (χ3v) is 8.08. The van der Waals surface area contributed by atoms with Gasteiger partial charge in [0.2, 0.25) is 29.5 Å². The van der Waals surface area contributed by atoms with Crippen molar-refractivity contribution in [2.24, 2.45) is 17.6 Å². The summed E-state index contributed by atoms with van der Waals surface area (Å²) in [6, 6.07) is 21.0. The molecule has 0 saturated carbocycles. The number of para-hydroxylation sites is 1. The van der Waals surface area contributed by atoms with E-state index in [-0.39, 0.29) is 43.3 Å². The summed E-state index contributed by atoms with van der Waals surface area (Å²) in [5, 5.41) is 21.2. The first-order chi connectivity index (χ1) is 23.3. The molecule has 3 rings (SSSR count). The third kappa shape index (κ3) is 12.7. The van der Waals surface area contributed by atoms with Gasteiger partial charge in [-0.25, -0.2) is 0 Å². The molecule has 11 heteroatoms. The Balaban J connectivity index is 1.83. The van der Waals surface area contributed by atoms with Gasteiger partial charge in [-0.1, -0.05) is 107 Å². The van der Waals surface area contributed by atoms with Gasteiger partial charge in [0, 0.05) is 19.3 Å². The van der Waals surface area contributed by atoms with Gasteiger partial charge in [-0.3, -0.25) is 24.0 Å². The van der Waals surface area contributed by atoms with E-state index >= 15 is 0 Å². The molecule has 4 atom stereocenters. The molecule has 0 spiro atoms. The summed E-state index contributed by atoms with van der Waals surface area (Å²) in [6.45, 7) is 7.33. The highest BCUT2D eigenvalue weighted by Crippen LogP contribution is 2.17. The number of phenols is 1. The second kappa shape index (κ2) is 19.0. The molecule has 7 N–H and O–H groups in total. The summed E-state index contributed by atoms with van der Waals surface area (Å²) in [7, 11) is 0. The standard InChI is InChI=1S/C38H49N5O6/c1-24(2)21-29(35(39)46)41-38(49)34(25(3)4)43-37(48)31(23-27-15-9-6-10-16-27)42-36(47)30(22-26-13-7-5-8-14-26)40-33(45)20-19-28-17-11-12-18-32(28)44/h5-18,24-25,29-31,34,44H,19-23H2,1-4H3,(H2,39,46)(H,40,45)(H,41,49)(H,42,47)(H,43,48)/t29-,30-,31-,34-/m1/s1. The Labute approximate surface area is 288 Å². The third-order valence-electron chi connectivity index (χ3n) is 8.08. The molecule has 5 amide bonds. The molecule has 0 aliphatic heterocycles. The van der Waals surface area contributed by atoms with Gasteiger partial charge in [0.1, 0.15) is 29.9 Å². The van der Waals surface area contributed by atoms with Crippen molar-refractivity contribution in [1.82, 2.24) is 21.3 Å². The number of rotatable bonds is 18. The Bertz CT molecular complexity index is 1550. The van der Waals surface area contributed by atoms with Crippen molar-refractivity contribution in [2.45, 2.75) is 84.0 Å². The smallest absolute Gasteiger partial charge is 0.243 e. The van der Waals surface area contributed by atoms with Gasteiger partial charge in [-0.15, -0.1) is 0 Å². The van der Waals surface area contributed by atoms with Gasteiger partial charge in [0.15, 0.2) is 0 Å². The van der Waals surface area contributed by atoms with Crippen molar-refractivity contribution in [3.05, 3.63) is 102 Å². The zero-order valence-corrected chi connectivity index (χ0v) is 28.6. The quantitative estimate of drug-likeness (QED) is 0.121. The van der Waals surface area contributed by atoms with E-state index in [2.05, 4.69) is 21.3 Å².